The fraction of sp³-hybridized carbons (Fsp3) is 0.667. The lowest BCUT2D eigenvalue weighted by atomic mass is 10.1. The van der Waals surface area contributed by atoms with E-state index in [-0.39, 0.29) is 11.7 Å². The summed E-state index contributed by atoms with van der Waals surface area (Å²) in [7, 11) is 1.86. The molecule has 1 N–H and O–H groups in total. The number of carboxylic acid groups (broad SMARTS) is 1. The Kier molecular flexibility index (Phi) is 3.45. The van der Waals surface area contributed by atoms with Crippen LogP contribution in [0.15, 0.2) is 5.16 Å². The summed E-state index contributed by atoms with van der Waals surface area (Å²) in [5.74, 6) is 0.327. The molecule has 1 aromatic heterocycles. The molecule has 88 valence electrons. The molecule has 1 unspecified atom stereocenters. The average molecular weight is 243 g/mol. The predicted octanol–water partition coefficient (Wildman–Crippen LogP) is 0.496. The monoisotopic (exact) mass is 243 g/mol. The lowest BCUT2D eigenvalue weighted by Crippen LogP contribution is -2.07. The minimum absolute atomic E-state index is 0.00708. The largest absolute Gasteiger partial charge is 0.481 e. The Balaban J connectivity index is 2.07. The normalized spacial score (nSPS) is 20.2. The average Bonchev–Trinajstić information content (AvgIpc) is 2.84. The van der Waals surface area contributed by atoms with Gasteiger partial charge in [0.2, 0.25) is 0 Å². The Hall–Kier alpha value is -1.08. The number of aromatic nitrogens is 3. The fourth-order valence-electron chi connectivity index (χ4n) is 1.67. The first-order valence-electron chi connectivity index (χ1n) is 5.00. The van der Waals surface area contributed by atoms with Crippen LogP contribution in [0.2, 0.25) is 0 Å². The molecule has 0 spiro atoms. The summed E-state index contributed by atoms with van der Waals surface area (Å²) in [6.07, 6.45) is 0.954. The highest BCUT2D eigenvalue weighted by molar-refractivity contribution is 7.99. The second kappa shape index (κ2) is 4.84. The van der Waals surface area contributed by atoms with Crippen LogP contribution in [0.3, 0.4) is 0 Å². The van der Waals surface area contributed by atoms with Crippen molar-refractivity contribution in [1.82, 2.24) is 14.8 Å². The Morgan fingerprint density at radius 3 is 3.12 bits per heavy atom. The number of carbonyl (C=O) groups is 1. The highest BCUT2D eigenvalue weighted by atomic mass is 32.2. The molecule has 1 saturated heterocycles. The predicted molar refractivity (Wildman–Crippen MR) is 57.5 cm³/mol. The smallest absolute Gasteiger partial charge is 0.313 e. The van der Waals surface area contributed by atoms with Gasteiger partial charge in [0.25, 0.3) is 0 Å². The molecule has 1 atom stereocenters. The minimum Gasteiger partial charge on any atom is -0.481 e. The number of hydrogen-bond acceptors (Lipinski definition) is 5. The van der Waals surface area contributed by atoms with Gasteiger partial charge in [0.1, 0.15) is 5.82 Å². The molecule has 1 aliphatic rings. The van der Waals surface area contributed by atoms with E-state index in [4.69, 9.17) is 9.84 Å². The molecule has 7 heteroatoms. The quantitative estimate of drug-likeness (QED) is 0.776. The number of aliphatic carboxylic acids is 1. The molecule has 1 aromatic rings. The summed E-state index contributed by atoms with van der Waals surface area (Å²) in [6, 6.07) is 0. The molecule has 0 aliphatic carbocycles. The number of ether oxygens (including phenoxy) is 1. The maximum absolute atomic E-state index is 10.4. The molecule has 1 aliphatic heterocycles. The van der Waals surface area contributed by atoms with Crippen LogP contribution in [0.1, 0.15) is 18.2 Å². The second-order valence-corrected chi connectivity index (χ2v) is 4.59. The Labute approximate surface area is 97.0 Å². The molecule has 1 fully saturated rings. The standard InChI is InChI=1S/C9H13N3O3S/c1-12-8(6-2-3-15-4-6)10-11-9(12)16-5-7(13)14/h6H,2-5H2,1H3,(H,13,14). The van der Waals surface area contributed by atoms with E-state index in [1.807, 2.05) is 11.6 Å². The third-order valence-electron chi connectivity index (χ3n) is 2.49. The molecule has 0 radical (unpaired) electrons. The Morgan fingerprint density at radius 2 is 2.50 bits per heavy atom. The number of nitrogens with zero attached hydrogens (tertiary/aromatic N) is 3. The van der Waals surface area contributed by atoms with Gasteiger partial charge >= 0.3 is 5.97 Å². The van der Waals surface area contributed by atoms with Crippen molar-refractivity contribution >= 4 is 17.7 Å². The van der Waals surface area contributed by atoms with Gasteiger partial charge in [-0.05, 0) is 6.42 Å². The molecule has 0 aromatic carbocycles. The Bertz CT molecular complexity index is 387. The maximum Gasteiger partial charge on any atom is 0.313 e. The molecule has 2 heterocycles. The van der Waals surface area contributed by atoms with Crippen molar-refractivity contribution in [1.29, 1.82) is 0 Å². The second-order valence-electron chi connectivity index (χ2n) is 3.64. The number of thioether (sulfide) groups is 1. The zero-order valence-electron chi connectivity index (χ0n) is 8.92. The number of hydrogen-bond donors (Lipinski definition) is 1. The van der Waals surface area contributed by atoms with Crippen molar-refractivity contribution in [2.75, 3.05) is 19.0 Å². The molecular formula is C9H13N3O3S. The lowest BCUT2D eigenvalue weighted by molar-refractivity contribution is -0.133. The van der Waals surface area contributed by atoms with Crippen molar-refractivity contribution < 1.29 is 14.6 Å². The van der Waals surface area contributed by atoms with E-state index in [0.717, 1.165) is 18.9 Å². The van der Waals surface area contributed by atoms with Crippen LogP contribution < -0.4 is 0 Å². The molecule has 0 bridgehead atoms. The zero-order chi connectivity index (χ0) is 11.5. The number of carboxylic acids is 1. The van der Waals surface area contributed by atoms with E-state index in [2.05, 4.69) is 10.2 Å². The van der Waals surface area contributed by atoms with E-state index >= 15 is 0 Å². The van der Waals surface area contributed by atoms with Crippen LogP contribution in [0.4, 0.5) is 0 Å². The van der Waals surface area contributed by atoms with Gasteiger partial charge < -0.3 is 14.4 Å². The van der Waals surface area contributed by atoms with Gasteiger partial charge in [-0.3, -0.25) is 4.79 Å². The highest BCUT2D eigenvalue weighted by Crippen LogP contribution is 2.25. The number of rotatable bonds is 4. The third kappa shape index (κ3) is 2.35. The molecule has 2 rings (SSSR count). The first kappa shape index (κ1) is 11.4. The van der Waals surface area contributed by atoms with Crippen LogP contribution in [0.25, 0.3) is 0 Å². The topological polar surface area (TPSA) is 77.2 Å². The van der Waals surface area contributed by atoms with Gasteiger partial charge in [0, 0.05) is 19.6 Å². The summed E-state index contributed by atoms with van der Waals surface area (Å²) in [5, 5.41) is 17.3. The fourth-order valence-corrected chi connectivity index (χ4v) is 2.31. The van der Waals surface area contributed by atoms with Crippen molar-refractivity contribution in [3.05, 3.63) is 5.82 Å². The van der Waals surface area contributed by atoms with Gasteiger partial charge in [-0.25, -0.2) is 0 Å². The summed E-state index contributed by atoms with van der Waals surface area (Å²) in [4.78, 5) is 10.4. The molecule has 6 nitrogen and oxygen atoms in total. The third-order valence-corrected chi connectivity index (χ3v) is 3.49. The van der Waals surface area contributed by atoms with Crippen molar-refractivity contribution in [3.63, 3.8) is 0 Å². The summed E-state index contributed by atoms with van der Waals surface area (Å²) in [5.41, 5.74) is 0. The SMILES string of the molecule is Cn1c(SCC(=O)O)nnc1C1CCOC1. The molecule has 0 saturated carbocycles. The summed E-state index contributed by atoms with van der Waals surface area (Å²) >= 11 is 1.18. The highest BCUT2D eigenvalue weighted by Gasteiger charge is 2.23. The zero-order valence-corrected chi connectivity index (χ0v) is 9.74. The summed E-state index contributed by atoms with van der Waals surface area (Å²) in [6.45, 7) is 1.44. The van der Waals surface area contributed by atoms with Crippen molar-refractivity contribution in [2.24, 2.45) is 7.05 Å². The van der Waals surface area contributed by atoms with E-state index < -0.39 is 5.97 Å². The van der Waals surface area contributed by atoms with Gasteiger partial charge in [0.15, 0.2) is 5.16 Å². The van der Waals surface area contributed by atoms with Gasteiger partial charge in [-0.1, -0.05) is 11.8 Å². The molecule has 16 heavy (non-hydrogen) atoms. The van der Waals surface area contributed by atoms with Crippen LogP contribution >= 0.6 is 11.8 Å². The van der Waals surface area contributed by atoms with E-state index in [9.17, 15) is 4.79 Å². The first-order valence-corrected chi connectivity index (χ1v) is 5.98. The van der Waals surface area contributed by atoms with Crippen LogP contribution in [0.5, 0.6) is 0 Å². The van der Waals surface area contributed by atoms with E-state index in [0.29, 0.717) is 11.8 Å². The van der Waals surface area contributed by atoms with Gasteiger partial charge in [-0.15, -0.1) is 10.2 Å². The van der Waals surface area contributed by atoms with Crippen LogP contribution in [-0.2, 0) is 16.6 Å². The molecule has 0 amide bonds. The first-order chi connectivity index (χ1) is 7.68. The Morgan fingerprint density at radius 1 is 1.69 bits per heavy atom. The maximum atomic E-state index is 10.4. The van der Waals surface area contributed by atoms with Gasteiger partial charge in [-0.2, -0.15) is 0 Å². The van der Waals surface area contributed by atoms with E-state index in [1.54, 1.807) is 0 Å². The van der Waals surface area contributed by atoms with Crippen LogP contribution in [0, 0.1) is 0 Å². The molecular weight excluding hydrogens is 230 g/mol. The van der Waals surface area contributed by atoms with Gasteiger partial charge in [0.05, 0.1) is 12.4 Å². The van der Waals surface area contributed by atoms with Crippen molar-refractivity contribution in [2.45, 2.75) is 17.5 Å². The van der Waals surface area contributed by atoms with Crippen molar-refractivity contribution in [3.8, 4) is 0 Å². The minimum atomic E-state index is -0.848. The lowest BCUT2D eigenvalue weighted by Gasteiger charge is -2.06. The van der Waals surface area contributed by atoms with E-state index in [1.165, 1.54) is 11.8 Å². The van der Waals surface area contributed by atoms with Crippen LogP contribution in [-0.4, -0.2) is 44.8 Å². The summed E-state index contributed by atoms with van der Waals surface area (Å²) < 4.78 is 7.15.